The summed E-state index contributed by atoms with van der Waals surface area (Å²) >= 11 is 6.33. The minimum Gasteiger partial charge on any atom is -0.486 e. The van der Waals surface area contributed by atoms with Gasteiger partial charge in [-0.3, -0.25) is 4.99 Å². The zero-order valence-corrected chi connectivity index (χ0v) is 20.2. The van der Waals surface area contributed by atoms with Crippen molar-refractivity contribution in [2.75, 3.05) is 53.7 Å². The van der Waals surface area contributed by atoms with Crippen molar-refractivity contribution < 1.29 is 18.9 Å². The summed E-state index contributed by atoms with van der Waals surface area (Å²) in [5, 5.41) is 4.01. The zero-order chi connectivity index (χ0) is 19.8. The standard InChI is InChI=1S/C20H30ClN3O4.HI/c1-22-20(24-6-4-16(5-7-24)26-9-3-8-25-2)23-14-15-12-17(21)19-18(13-15)27-10-11-28-19;/h12-13,16H,3-11,14H2,1-2H3,(H,22,23);1H. The van der Waals surface area contributed by atoms with Gasteiger partial charge in [0.2, 0.25) is 0 Å². The number of ether oxygens (including phenoxy) is 4. The molecule has 3 rings (SSSR count). The average Bonchev–Trinajstić information content (AvgIpc) is 2.73. The minimum atomic E-state index is 0. The number of fused-ring (bicyclic) bond motifs is 1. The molecule has 2 aliphatic heterocycles. The van der Waals surface area contributed by atoms with Crippen LogP contribution in [0.3, 0.4) is 0 Å². The fraction of sp³-hybridized carbons (Fsp3) is 0.650. The Kier molecular flexibility index (Phi) is 10.6. The van der Waals surface area contributed by atoms with Gasteiger partial charge in [0, 0.05) is 47.0 Å². The predicted molar refractivity (Wildman–Crippen MR) is 125 cm³/mol. The molecule has 1 saturated heterocycles. The van der Waals surface area contributed by atoms with Crippen LogP contribution < -0.4 is 14.8 Å². The number of hydrogen-bond acceptors (Lipinski definition) is 5. The van der Waals surface area contributed by atoms with Crippen molar-refractivity contribution in [3.05, 3.63) is 22.7 Å². The predicted octanol–water partition coefficient (Wildman–Crippen LogP) is 3.32. The number of nitrogens with zero attached hydrogens (tertiary/aromatic N) is 2. The second-order valence-corrected chi connectivity index (χ2v) is 7.31. The molecule has 1 aromatic rings. The highest BCUT2D eigenvalue weighted by Gasteiger charge is 2.22. The lowest BCUT2D eigenvalue weighted by molar-refractivity contribution is 0.00989. The van der Waals surface area contributed by atoms with Crippen molar-refractivity contribution in [3.63, 3.8) is 0 Å². The monoisotopic (exact) mass is 539 g/mol. The number of guanidine groups is 1. The highest BCUT2D eigenvalue weighted by Crippen LogP contribution is 2.38. The first kappa shape index (κ1) is 24.3. The molecule has 0 atom stereocenters. The summed E-state index contributed by atoms with van der Waals surface area (Å²) < 4.78 is 22.2. The Morgan fingerprint density at radius 1 is 1.24 bits per heavy atom. The van der Waals surface area contributed by atoms with Crippen LogP contribution in [0.4, 0.5) is 0 Å². The quantitative estimate of drug-likeness (QED) is 0.248. The van der Waals surface area contributed by atoms with Crippen molar-refractivity contribution in [1.82, 2.24) is 10.2 Å². The van der Waals surface area contributed by atoms with Crippen molar-refractivity contribution in [2.45, 2.75) is 31.9 Å². The summed E-state index contributed by atoms with van der Waals surface area (Å²) in [7, 11) is 3.53. The lowest BCUT2D eigenvalue weighted by Crippen LogP contribution is -2.46. The summed E-state index contributed by atoms with van der Waals surface area (Å²) in [6, 6.07) is 3.89. The fourth-order valence-corrected chi connectivity index (χ4v) is 3.76. The Bertz CT molecular complexity index is 669. The van der Waals surface area contributed by atoms with Gasteiger partial charge < -0.3 is 29.2 Å². The molecule has 0 spiro atoms. The minimum absolute atomic E-state index is 0. The van der Waals surface area contributed by atoms with E-state index in [2.05, 4.69) is 15.2 Å². The maximum atomic E-state index is 6.33. The number of nitrogens with one attached hydrogen (secondary N) is 1. The molecule has 9 heteroatoms. The van der Waals surface area contributed by atoms with Crippen LogP contribution in [0.15, 0.2) is 17.1 Å². The number of rotatable bonds is 7. The lowest BCUT2D eigenvalue weighted by atomic mass is 10.1. The van der Waals surface area contributed by atoms with Crippen LogP contribution in [0, 0.1) is 0 Å². The maximum Gasteiger partial charge on any atom is 0.193 e. The third-order valence-electron chi connectivity index (χ3n) is 4.91. The number of halogens is 2. The molecule has 2 aliphatic rings. The molecule has 0 unspecified atom stereocenters. The van der Waals surface area contributed by atoms with E-state index in [1.165, 1.54) is 0 Å². The molecule has 0 radical (unpaired) electrons. The van der Waals surface area contributed by atoms with E-state index >= 15 is 0 Å². The van der Waals surface area contributed by atoms with E-state index in [9.17, 15) is 0 Å². The number of piperidine rings is 1. The van der Waals surface area contributed by atoms with E-state index in [1.54, 1.807) is 7.11 Å². The van der Waals surface area contributed by atoms with E-state index < -0.39 is 0 Å². The van der Waals surface area contributed by atoms with E-state index in [4.69, 9.17) is 30.5 Å². The van der Waals surface area contributed by atoms with Crippen LogP contribution in [-0.4, -0.2) is 70.6 Å². The molecular weight excluding hydrogens is 509 g/mol. The summed E-state index contributed by atoms with van der Waals surface area (Å²) in [6.45, 7) is 5.06. The van der Waals surface area contributed by atoms with Gasteiger partial charge >= 0.3 is 0 Å². The van der Waals surface area contributed by atoms with Gasteiger partial charge in [-0.15, -0.1) is 24.0 Å². The molecule has 0 bridgehead atoms. The van der Waals surface area contributed by atoms with E-state index in [-0.39, 0.29) is 24.0 Å². The van der Waals surface area contributed by atoms with Crippen molar-refractivity contribution >= 4 is 41.5 Å². The summed E-state index contributed by atoms with van der Waals surface area (Å²) in [5.41, 5.74) is 1.03. The third kappa shape index (κ3) is 7.04. The first-order chi connectivity index (χ1) is 13.7. The second-order valence-electron chi connectivity index (χ2n) is 6.91. The molecule has 0 aromatic heterocycles. The van der Waals surface area contributed by atoms with E-state index in [0.29, 0.717) is 42.4 Å². The van der Waals surface area contributed by atoms with Gasteiger partial charge in [0.1, 0.15) is 13.2 Å². The largest absolute Gasteiger partial charge is 0.486 e. The third-order valence-corrected chi connectivity index (χ3v) is 5.19. The summed E-state index contributed by atoms with van der Waals surface area (Å²) in [5.74, 6) is 2.23. The summed E-state index contributed by atoms with van der Waals surface area (Å²) in [6.07, 6.45) is 3.27. The Labute approximate surface area is 195 Å². The normalized spacial score (nSPS) is 17.1. The Morgan fingerprint density at radius 2 is 2.00 bits per heavy atom. The molecule has 7 nitrogen and oxygen atoms in total. The van der Waals surface area contributed by atoms with Gasteiger partial charge in [0.25, 0.3) is 0 Å². The molecule has 29 heavy (non-hydrogen) atoms. The number of hydrogen-bond donors (Lipinski definition) is 1. The van der Waals surface area contributed by atoms with E-state index in [1.807, 2.05) is 19.2 Å². The SMILES string of the molecule is CN=C(NCc1cc(Cl)c2c(c1)OCCO2)N1CCC(OCCCOC)CC1.I. The molecule has 164 valence electrons. The molecular formula is C20H31ClIN3O4. The highest BCUT2D eigenvalue weighted by molar-refractivity contribution is 14.0. The number of benzene rings is 1. The van der Waals surface area contributed by atoms with Crippen LogP contribution >= 0.6 is 35.6 Å². The number of likely N-dealkylation sites (tertiary alicyclic amines) is 1. The first-order valence-corrected chi connectivity index (χ1v) is 10.2. The molecule has 1 fully saturated rings. The van der Waals surface area contributed by atoms with Crippen LogP contribution in [0.2, 0.25) is 5.02 Å². The van der Waals surface area contributed by atoms with Crippen LogP contribution in [-0.2, 0) is 16.0 Å². The van der Waals surface area contributed by atoms with Crippen molar-refractivity contribution in [3.8, 4) is 11.5 Å². The number of methoxy groups -OCH3 is 1. The van der Waals surface area contributed by atoms with Gasteiger partial charge in [-0.05, 0) is 37.0 Å². The average molecular weight is 540 g/mol. The second kappa shape index (κ2) is 12.7. The van der Waals surface area contributed by atoms with Crippen LogP contribution in [0.1, 0.15) is 24.8 Å². The topological polar surface area (TPSA) is 64.6 Å². The van der Waals surface area contributed by atoms with Gasteiger partial charge in [-0.2, -0.15) is 0 Å². The fourth-order valence-electron chi connectivity index (χ4n) is 3.47. The molecule has 0 amide bonds. The first-order valence-electron chi connectivity index (χ1n) is 9.85. The van der Waals surface area contributed by atoms with Gasteiger partial charge in [0.05, 0.1) is 11.1 Å². The van der Waals surface area contributed by atoms with Gasteiger partial charge in [-0.25, -0.2) is 0 Å². The lowest BCUT2D eigenvalue weighted by Gasteiger charge is -2.34. The molecule has 2 heterocycles. The zero-order valence-electron chi connectivity index (χ0n) is 17.1. The Balaban J connectivity index is 0.00000300. The smallest absolute Gasteiger partial charge is 0.193 e. The Morgan fingerprint density at radius 3 is 2.72 bits per heavy atom. The van der Waals surface area contributed by atoms with Gasteiger partial charge in [-0.1, -0.05) is 11.6 Å². The maximum absolute atomic E-state index is 6.33. The molecule has 0 aliphatic carbocycles. The van der Waals surface area contributed by atoms with E-state index in [0.717, 1.165) is 57.1 Å². The van der Waals surface area contributed by atoms with Crippen molar-refractivity contribution in [2.24, 2.45) is 4.99 Å². The van der Waals surface area contributed by atoms with Crippen molar-refractivity contribution in [1.29, 1.82) is 0 Å². The molecule has 0 saturated carbocycles. The Hall–Kier alpha value is -0.970. The molecule has 1 N–H and O–H groups in total. The summed E-state index contributed by atoms with van der Waals surface area (Å²) in [4.78, 5) is 6.71. The van der Waals surface area contributed by atoms with Crippen LogP contribution in [0.25, 0.3) is 0 Å². The number of aliphatic imine (C=N–C) groups is 1. The van der Waals surface area contributed by atoms with Gasteiger partial charge in [0.15, 0.2) is 17.5 Å². The molecule has 1 aromatic carbocycles. The highest BCUT2D eigenvalue weighted by atomic mass is 127. The van der Waals surface area contributed by atoms with Crippen LogP contribution in [0.5, 0.6) is 11.5 Å².